The summed E-state index contributed by atoms with van der Waals surface area (Å²) in [6.07, 6.45) is 2.67. The Morgan fingerprint density at radius 3 is 2.63 bits per heavy atom. The van der Waals surface area contributed by atoms with Gasteiger partial charge in [0.05, 0.1) is 11.1 Å². The van der Waals surface area contributed by atoms with Crippen LogP contribution in [0.1, 0.15) is 37.3 Å². The highest BCUT2D eigenvalue weighted by Crippen LogP contribution is 2.37. The highest BCUT2D eigenvalue weighted by molar-refractivity contribution is 9.10. The third-order valence-electron chi connectivity index (χ3n) is 4.88. The largest absolute Gasteiger partial charge is 0.490 e. The van der Waals surface area contributed by atoms with Gasteiger partial charge in [-0.2, -0.15) is 0 Å². The minimum atomic E-state index is 0. The summed E-state index contributed by atoms with van der Waals surface area (Å²) in [4.78, 5) is 13.6. The lowest BCUT2D eigenvalue weighted by Gasteiger charge is -2.17. The number of benzene rings is 2. The number of amides is 1. The van der Waals surface area contributed by atoms with E-state index >= 15 is 0 Å². The third-order valence-corrected chi connectivity index (χ3v) is 5.47. The Bertz CT molecular complexity index is 805. The first-order chi connectivity index (χ1) is 14.2. The van der Waals surface area contributed by atoms with Crippen molar-refractivity contribution in [3.8, 4) is 11.5 Å². The molecule has 164 valence electrons. The van der Waals surface area contributed by atoms with E-state index in [0.717, 1.165) is 66.1 Å². The minimum absolute atomic E-state index is 0. The number of nitrogens with zero attached hydrogens (tertiary/aromatic N) is 1. The van der Waals surface area contributed by atoms with E-state index in [9.17, 15) is 4.79 Å². The van der Waals surface area contributed by atoms with E-state index < -0.39 is 0 Å². The van der Waals surface area contributed by atoms with E-state index in [0.29, 0.717) is 25.5 Å². The van der Waals surface area contributed by atoms with Gasteiger partial charge in [-0.3, -0.25) is 4.79 Å². The van der Waals surface area contributed by atoms with Crippen molar-refractivity contribution in [1.29, 1.82) is 0 Å². The maximum atomic E-state index is 11.6. The number of hydrogen-bond acceptors (Lipinski definition) is 4. The van der Waals surface area contributed by atoms with Gasteiger partial charge in [0, 0.05) is 26.1 Å². The Kier molecular flexibility index (Phi) is 10.5. The van der Waals surface area contributed by atoms with Crippen molar-refractivity contribution < 1.29 is 14.3 Å². The van der Waals surface area contributed by atoms with Crippen LogP contribution in [0.4, 0.5) is 0 Å². The van der Waals surface area contributed by atoms with Crippen LogP contribution in [0.15, 0.2) is 46.9 Å². The lowest BCUT2D eigenvalue weighted by atomic mass is 10.2. The standard InChI is InChI=1S/C23H29BrN2O3.ClH/c1-2-28-21-15-19(16-25-11-7-13-26-12-6-10-22(26)27)14-20(24)23(21)29-17-18-8-4-3-5-9-18;/h3-5,8-9,14-15,25H,2,6-7,10-13,16-17H2,1H3;1H. The maximum absolute atomic E-state index is 11.6. The summed E-state index contributed by atoms with van der Waals surface area (Å²) < 4.78 is 12.8. The zero-order chi connectivity index (χ0) is 20.5. The zero-order valence-corrected chi connectivity index (χ0v) is 19.8. The molecule has 0 aliphatic carbocycles. The van der Waals surface area contributed by atoms with Gasteiger partial charge in [0.25, 0.3) is 0 Å². The van der Waals surface area contributed by atoms with E-state index in [1.807, 2.05) is 48.2 Å². The van der Waals surface area contributed by atoms with Crippen LogP contribution < -0.4 is 14.8 Å². The van der Waals surface area contributed by atoms with Gasteiger partial charge in [0.15, 0.2) is 11.5 Å². The van der Waals surface area contributed by atoms with Crippen LogP contribution in [0.2, 0.25) is 0 Å². The van der Waals surface area contributed by atoms with E-state index in [2.05, 4.69) is 27.3 Å². The van der Waals surface area contributed by atoms with E-state index in [1.165, 1.54) is 0 Å². The molecule has 0 saturated carbocycles. The van der Waals surface area contributed by atoms with Crippen molar-refractivity contribution in [1.82, 2.24) is 10.2 Å². The molecule has 2 aromatic carbocycles. The summed E-state index contributed by atoms with van der Waals surface area (Å²) in [5.41, 5.74) is 2.24. The fraction of sp³-hybridized carbons (Fsp3) is 0.435. The molecule has 1 aliphatic heterocycles. The molecular weight excluding hydrogens is 468 g/mol. The number of halogens is 2. The topological polar surface area (TPSA) is 50.8 Å². The average molecular weight is 498 g/mol. The van der Waals surface area contributed by atoms with Gasteiger partial charge >= 0.3 is 0 Å². The van der Waals surface area contributed by atoms with Crippen molar-refractivity contribution in [2.45, 2.75) is 39.3 Å². The second-order valence-electron chi connectivity index (χ2n) is 7.13. The van der Waals surface area contributed by atoms with Gasteiger partial charge in [-0.1, -0.05) is 30.3 Å². The normalized spacial score (nSPS) is 13.3. The number of rotatable bonds is 11. The summed E-state index contributed by atoms with van der Waals surface area (Å²) in [6.45, 7) is 6.41. The average Bonchev–Trinajstić information content (AvgIpc) is 3.13. The zero-order valence-electron chi connectivity index (χ0n) is 17.4. The van der Waals surface area contributed by atoms with Crippen LogP contribution in [0.5, 0.6) is 11.5 Å². The fourth-order valence-corrected chi connectivity index (χ4v) is 4.03. The van der Waals surface area contributed by atoms with Crippen molar-refractivity contribution in [2.24, 2.45) is 0 Å². The van der Waals surface area contributed by atoms with Gasteiger partial charge in [-0.15, -0.1) is 12.4 Å². The molecule has 0 unspecified atom stereocenters. The highest BCUT2D eigenvalue weighted by Gasteiger charge is 2.19. The molecule has 30 heavy (non-hydrogen) atoms. The molecule has 7 heteroatoms. The summed E-state index contributed by atoms with van der Waals surface area (Å²) >= 11 is 3.64. The Hall–Kier alpha value is -1.76. The summed E-state index contributed by atoms with van der Waals surface area (Å²) in [5.74, 6) is 1.77. The smallest absolute Gasteiger partial charge is 0.222 e. The summed E-state index contributed by atoms with van der Waals surface area (Å²) in [5, 5.41) is 3.46. The fourth-order valence-electron chi connectivity index (χ4n) is 3.42. The van der Waals surface area contributed by atoms with Gasteiger partial charge in [0.2, 0.25) is 5.91 Å². The van der Waals surface area contributed by atoms with E-state index in [-0.39, 0.29) is 12.4 Å². The molecule has 1 fully saturated rings. The Morgan fingerprint density at radius 2 is 1.93 bits per heavy atom. The highest BCUT2D eigenvalue weighted by atomic mass is 79.9. The first-order valence-corrected chi connectivity index (χ1v) is 11.1. The number of nitrogens with one attached hydrogen (secondary N) is 1. The molecule has 3 rings (SSSR count). The summed E-state index contributed by atoms with van der Waals surface area (Å²) in [6, 6.07) is 14.2. The monoisotopic (exact) mass is 496 g/mol. The lowest BCUT2D eigenvalue weighted by molar-refractivity contribution is -0.127. The second kappa shape index (κ2) is 12.8. The Morgan fingerprint density at radius 1 is 1.13 bits per heavy atom. The molecule has 2 aromatic rings. The molecule has 0 atom stereocenters. The van der Waals surface area contributed by atoms with Crippen molar-refractivity contribution in [3.05, 3.63) is 58.1 Å². The van der Waals surface area contributed by atoms with Crippen LogP contribution in [0, 0.1) is 0 Å². The predicted octanol–water partition coefficient (Wildman–Crippen LogP) is 4.95. The van der Waals surface area contributed by atoms with E-state index in [4.69, 9.17) is 9.47 Å². The van der Waals surface area contributed by atoms with Crippen LogP contribution >= 0.6 is 28.3 Å². The quantitative estimate of drug-likeness (QED) is 0.446. The predicted molar refractivity (Wildman–Crippen MR) is 125 cm³/mol. The van der Waals surface area contributed by atoms with Crippen LogP contribution in [-0.2, 0) is 17.9 Å². The van der Waals surface area contributed by atoms with Gasteiger partial charge in [-0.25, -0.2) is 0 Å². The Balaban J connectivity index is 0.00000320. The maximum Gasteiger partial charge on any atom is 0.222 e. The molecule has 1 saturated heterocycles. The number of ether oxygens (including phenoxy) is 2. The first kappa shape index (κ1) is 24.5. The van der Waals surface area contributed by atoms with Gasteiger partial charge in [0.1, 0.15) is 6.61 Å². The number of likely N-dealkylation sites (tertiary alicyclic amines) is 1. The molecule has 1 heterocycles. The lowest BCUT2D eigenvalue weighted by Crippen LogP contribution is -2.28. The van der Waals surface area contributed by atoms with E-state index in [1.54, 1.807) is 0 Å². The molecule has 5 nitrogen and oxygen atoms in total. The molecule has 1 N–H and O–H groups in total. The first-order valence-electron chi connectivity index (χ1n) is 10.3. The molecule has 0 spiro atoms. The number of hydrogen-bond donors (Lipinski definition) is 1. The molecule has 1 amide bonds. The summed E-state index contributed by atoms with van der Waals surface area (Å²) in [7, 11) is 0. The third kappa shape index (κ3) is 7.18. The van der Waals surface area contributed by atoms with Crippen molar-refractivity contribution in [2.75, 3.05) is 26.2 Å². The molecule has 0 aromatic heterocycles. The molecular formula is C23H30BrClN2O3. The van der Waals surface area contributed by atoms with Crippen molar-refractivity contribution >= 4 is 34.2 Å². The van der Waals surface area contributed by atoms with Gasteiger partial charge in [-0.05, 0) is 65.5 Å². The van der Waals surface area contributed by atoms with Gasteiger partial charge < -0.3 is 19.7 Å². The Labute approximate surface area is 193 Å². The molecule has 1 aliphatic rings. The number of carbonyl (C=O) groups is 1. The minimum Gasteiger partial charge on any atom is -0.490 e. The van der Waals surface area contributed by atoms with Crippen LogP contribution in [0.3, 0.4) is 0 Å². The number of carbonyl (C=O) groups excluding carboxylic acids is 1. The SMILES string of the molecule is CCOc1cc(CNCCCN2CCCC2=O)cc(Br)c1OCc1ccccc1.Cl. The van der Waals surface area contributed by atoms with Crippen LogP contribution in [0.25, 0.3) is 0 Å². The van der Waals surface area contributed by atoms with Crippen molar-refractivity contribution in [3.63, 3.8) is 0 Å². The second-order valence-corrected chi connectivity index (χ2v) is 7.98. The molecule has 0 radical (unpaired) electrons. The van der Waals surface area contributed by atoms with Crippen LogP contribution in [-0.4, -0.2) is 37.0 Å². The molecule has 0 bridgehead atoms.